The molecule has 7 heteroatoms. The van der Waals surface area contributed by atoms with E-state index >= 15 is 0 Å². The van der Waals surface area contributed by atoms with E-state index < -0.39 is 35.9 Å². The monoisotopic (exact) mass is 425 g/mol. The lowest BCUT2D eigenvalue weighted by molar-refractivity contribution is -0.142. The number of carboxylic acids is 1. The van der Waals surface area contributed by atoms with Crippen LogP contribution in [0.1, 0.15) is 37.3 Å². The molecule has 0 fully saturated rings. The fourth-order valence-electron chi connectivity index (χ4n) is 3.24. The van der Waals surface area contributed by atoms with Crippen molar-refractivity contribution in [3.8, 4) is 0 Å². The third kappa shape index (κ3) is 8.22. The Morgan fingerprint density at radius 1 is 0.839 bits per heavy atom. The van der Waals surface area contributed by atoms with E-state index in [0.717, 1.165) is 17.5 Å². The zero-order valence-electron chi connectivity index (χ0n) is 17.8. The van der Waals surface area contributed by atoms with Gasteiger partial charge in [0.25, 0.3) is 0 Å². The molecule has 31 heavy (non-hydrogen) atoms. The highest BCUT2D eigenvalue weighted by Crippen LogP contribution is 2.08. The van der Waals surface area contributed by atoms with Crippen LogP contribution in [0.3, 0.4) is 0 Å². The van der Waals surface area contributed by atoms with E-state index in [-0.39, 0.29) is 6.42 Å². The van der Waals surface area contributed by atoms with Gasteiger partial charge in [0.2, 0.25) is 11.8 Å². The minimum Gasteiger partial charge on any atom is -0.480 e. The predicted molar refractivity (Wildman–Crippen MR) is 119 cm³/mol. The molecule has 0 unspecified atom stereocenters. The summed E-state index contributed by atoms with van der Waals surface area (Å²) in [6, 6.07) is 15.9. The number of aliphatic carboxylic acids is 1. The SMILES string of the molecule is CCCC[C@H](NC(=O)[C@H](Cc1ccccc1)NC(=O)[C@@H](N)Cc1ccccc1)C(=O)O. The Balaban J connectivity index is 2.10. The number of unbranched alkanes of at least 4 members (excludes halogenated alkanes) is 1. The first-order chi connectivity index (χ1) is 14.9. The Hall–Kier alpha value is -3.19. The van der Waals surface area contributed by atoms with Crippen molar-refractivity contribution in [1.29, 1.82) is 0 Å². The molecule has 2 amide bonds. The maximum absolute atomic E-state index is 12.9. The molecule has 0 bridgehead atoms. The van der Waals surface area contributed by atoms with Gasteiger partial charge in [0.05, 0.1) is 6.04 Å². The van der Waals surface area contributed by atoms with Crippen LogP contribution in [0.15, 0.2) is 60.7 Å². The van der Waals surface area contributed by atoms with Crippen LogP contribution in [0, 0.1) is 0 Å². The van der Waals surface area contributed by atoms with Crippen molar-refractivity contribution in [1.82, 2.24) is 10.6 Å². The molecule has 0 spiro atoms. The second-order valence-corrected chi connectivity index (χ2v) is 7.59. The summed E-state index contributed by atoms with van der Waals surface area (Å²) in [5.74, 6) is -2.08. The van der Waals surface area contributed by atoms with Crippen LogP contribution in [0.4, 0.5) is 0 Å². The molecule has 0 aliphatic rings. The van der Waals surface area contributed by atoms with Gasteiger partial charge in [0.15, 0.2) is 0 Å². The minimum atomic E-state index is -1.09. The molecule has 2 aromatic rings. The first kappa shape index (κ1) is 24.1. The number of hydrogen-bond donors (Lipinski definition) is 4. The van der Waals surface area contributed by atoms with Gasteiger partial charge in [-0.3, -0.25) is 9.59 Å². The van der Waals surface area contributed by atoms with Crippen molar-refractivity contribution in [2.45, 2.75) is 57.2 Å². The van der Waals surface area contributed by atoms with Gasteiger partial charge in [-0.2, -0.15) is 0 Å². The van der Waals surface area contributed by atoms with Gasteiger partial charge < -0.3 is 21.5 Å². The Bertz CT molecular complexity index is 842. The Morgan fingerprint density at radius 3 is 1.87 bits per heavy atom. The van der Waals surface area contributed by atoms with Crippen LogP contribution in [0.5, 0.6) is 0 Å². The standard InChI is InChI=1S/C24H31N3O4/c1-2-3-14-20(24(30)31)26-23(29)21(16-18-12-8-5-9-13-18)27-22(28)19(25)15-17-10-6-4-7-11-17/h4-13,19-21H,2-3,14-16,25H2,1H3,(H,26,29)(H,27,28)(H,30,31)/t19-,20-,21-/m0/s1. The first-order valence-corrected chi connectivity index (χ1v) is 10.6. The van der Waals surface area contributed by atoms with E-state index in [2.05, 4.69) is 10.6 Å². The lowest BCUT2D eigenvalue weighted by Gasteiger charge is -2.23. The molecular weight excluding hydrogens is 394 g/mol. The Labute approximate surface area is 183 Å². The molecule has 0 aliphatic carbocycles. The predicted octanol–water partition coefficient (Wildman–Crippen LogP) is 2.04. The average molecular weight is 426 g/mol. The molecule has 7 nitrogen and oxygen atoms in total. The van der Waals surface area contributed by atoms with Crippen molar-refractivity contribution in [2.24, 2.45) is 5.73 Å². The van der Waals surface area contributed by atoms with Crippen LogP contribution in [0.2, 0.25) is 0 Å². The van der Waals surface area contributed by atoms with Crippen LogP contribution in [-0.4, -0.2) is 41.0 Å². The van der Waals surface area contributed by atoms with E-state index in [1.165, 1.54) is 0 Å². The quantitative estimate of drug-likeness (QED) is 0.415. The van der Waals surface area contributed by atoms with Crippen molar-refractivity contribution in [3.63, 3.8) is 0 Å². The van der Waals surface area contributed by atoms with Gasteiger partial charge in [-0.15, -0.1) is 0 Å². The highest BCUT2D eigenvalue weighted by Gasteiger charge is 2.28. The van der Waals surface area contributed by atoms with Crippen molar-refractivity contribution >= 4 is 17.8 Å². The second-order valence-electron chi connectivity index (χ2n) is 7.59. The highest BCUT2D eigenvalue weighted by molar-refractivity contribution is 5.92. The number of carbonyl (C=O) groups is 3. The number of rotatable bonds is 12. The van der Waals surface area contributed by atoms with Crippen molar-refractivity contribution in [3.05, 3.63) is 71.8 Å². The van der Waals surface area contributed by atoms with Crippen molar-refractivity contribution < 1.29 is 19.5 Å². The lowest BCUT2D eigenvalue weighted by Crippen LogP contribution is -2.55. The number of nitrogens with one attached hydrogen (secondary N) is 2. The van der Waals surface area contributed by atoms with Crippen molar-refractivity contribution in [2.75, 3.05) is 0 Å². The third-order valence-corrected chi connectivity index (χ3v) is 5.01. The summed E-state index contributed by atoms with van der Waals surface area (Å²) in [5, 5.41) is 14.7. The fraction of sp³-hybridized carbons (Fsp3) is 0.375. The van der Waals surface area contributed by atoms with Gasteiger partial charge in [0.1, 0.15) is 12.1 Å². The molecule has 0 aliphatic heterocycles. The summed E-state index contributed by atoms with van der Waals surface area (Å²) in [4.78, 5) is 37.2. The number of hydrogen-bond acceptors (Lipinski definition) is 4. The number of amides is 2. The van der Waals surface area contributed by atoms with Gasteiger partial charge in [-0.1, -0.05) is 80.4 Å². The number of carbonyl (C=O) groups excluding carboxylic acids is 2. The van der Waals surface area contributed by atoms with E-state index in [4.69, 9.17) is 5.73 Å². The Morgan fingerprint density at radius 2 is 1.35 bits per heavy atom. The molecule has 2 rings (SSSR count). The molecule has 0 aromatic heterocycles. The zero-order valence-corrected chi connectivity index (χ0v) is 17.8. The highest BCUT2D eigenvalue weighted by atomic mass is 16.4. The summed E-state index contributed by atoms with van der Waals surface area (Å²) in [6.45, 7) is 1.95. The zero-order chi connectivity index (χ0) is 22.6. The van der Waals surface area contributed by atoms with Crippen LogP contribution < -0.4 is 16.4 Å². The maximum atomic E-state index is 12.9. The third-order valence-electron chi connectivity index (χ3n) is 5.01. The Kier molecular flexibility index (Phi) is 9.71. The summed E-state index contributed by atoms with van der Waals surface area (Å²) >= 11 is 0. The largest absolute Gasteiger partial charge is 0.480 e. The van der Waals surface area contributed by atoms with E-state index in [0.29, 0.717) is 19.3 Å². The van der Waals surface area contributed by atoms with E-state index in [1.54, 1.807) is 0 Å². The van der Waals surface area contributed by atoms with E-state index in [9.17, 15) is 19.5 Å². The van der Waals surface area contributed by atoms with Gasteiger partial charge in [-0.25, -0.2) is 4.79 Å². The fourth-order valence-corrected chi connectivity index (χ4v) is 3.24. The van der Waals surface area contributed by atoms with Gasteiger partial charge in [-0.05, 0) is 24.0 Å². The van der Waals surface area contributed by atoms with Gasteiger partial charge in [0, 0.05) is 6.42 Å². The minimum absolute atomic E-state index is 0.233. The summed E-state index contributed by atoms with van der Waals surface area (Å²) in [7, 11) is 0. The topological polar surface area (TPSA) is 122 Å². The molecule has 3 atom stereocenters. The smallest absolute Gasteiger partial charge is 0.326 e. The second kappa shape index (κ2) is 12.5. The maximum Gasteiger partial charge on any atom is 0.326 e. The van der Waals surface area contributed by atoms with E-state index in [1.807, 2.05) is 67.6 Å². The number of carboxylic acid groups (broad SMARTS) is 1. The lowest BCUT2D eigenvalue weighted by atomic mass is 10.0. The summed E-state index contributed by atoms with van der Waals surface area (Å²) < 4.78 is 0. The van der Waals surface area contributed by atoms with Crippen LogP contribution in [-0.2, 0) is 27.2 Å². The first-order valence-electron chi connectivity index (χ1n) is 10.6. The molecule has 0 saturated heterocycles. The van der Waals surface area contributed by atoms with Crippen LogP contribution >= 0.6 is 0 Å². The molecule has 5 N–H and O–H groups in total. The number of benzene rings is 2. The summed E-state index contributed by atoms with van der Waals surface area (Å²) in [5.41, 5.74) is 7.83. The van der Waals surface area contributed by atoms with Crippen LogP contribution in [0.25, 0.3) is 0 Å². The molecular formula is C24H31N3O4. The molecule has 0 heterocycles. The molecule has 0 radical (unpaired) electrons. The normalized spacial score (nSPS) is 13.6. The molecule has 0 saturated carbocycles. The summed E-state index contributed by atoms with van der Waals surface area (Å²) in [6.07, 6.45) is 2.39. The molecule has 2 aromatic carbocycles. The van der Waals surface area contributed by atoms with Gasteiger partial charge >= 0.3 is 5.97 Å². The molecule has 166 valence electrons. The number of nitrogens with two attached hydrogens (primary N) is 1. The average Bonchev–Trinajstić information content (AvgIpc) is 2.77.